The average Bonchev–Trinajstić information content (AvgIpc) is 3.14. The molecule has 0 saturated carbocycles. The van der Waals surface area contributed by atoms with Crippen LogP contribution in [0.4, 0.5) is 5.13 Å². The molecule has 1 heterocycles. The monoisotopic (exact) mass is 431 g/mol. The standard InChI is InChI=1S/C21H22ClN3O3S/c1-13-16(22)9-10-17-18(13)23-21(29-17)25(12-11-24(2)3)19(26)14-7-5-6-8-15(14)20(27)28-4/h5-10H,11-12H2,1-4H3. The van der Waals surface area contributed by atoms with Gasteiger partial charge in [0, 0.05) is 18.1 Å². The second-order valence-electron chi connectivity index (χ2n) is 6.81. The zero-order valence-electron chi connectivity index (χ0n) is 16.7. The van der Waals surface area contributed by atoms with E-state index in [9.17, 15) is 9.59 Å². The average molecular weight is 432 g/mol. The molecule has 152 valence electrons. The molecule has 0 unspecified atom stereocenters. The molecule has 1 aromatic heterocycles. The van der Waals surface area contributed by atoms with Gasteiger partial charge in [-0.1, -0.05) is 35.1 Å². The van der Waals surface area contributed by atoms with E-state index >= 15 is 0 Å². The van der Waals surface area contributed by atoms with Crippen molar-refractivity contribution in [3.8, 4) is 0 Å². The maximum absolute atomic E-state index is 13.5. The molecule has 3 rings (SSSR count). The number of methoxy groups -OCH3 is 1. The first-order valence-corrected chi connectivity index (χ1v) is 10.2. The van der Waals surface area contributed by atoms with Crippen LogP contribution in [-0.2, 0) is 4.74 Å². The Hall–Kier alpha value is -2.48. The van der Waals surface area contributed by atoms with E-state index in [1.165, 1.54) is 18.4 Å². The first-order chi connectivity index (χ1) is 13.8. The molecular formula is C21H22ClN3O3S. The molecule has 8 heteroatoms. The number of aromatic nitrogens is 1. The summed E-state index contributed by atoms with van der Waals surface area (Å²) in [4.78, 5) is 33.9. The van der Waals surface area contributed by atoms with Gasteiger partial charge < -0.3 is 9.64 Å². The molecule has 29 heavy (non-hydrogen) atoms. The van der Waals surface area contributed by atoms with Gasteiger partial charge in [-0.15, -0.1) is 0 Å². The third-order valence-corrected chi connectivity index (χ3v) is 6.00. The zero-order valence-corrected chi connectivity index (χ0v) is 18.3. The highest BCUT2D eigenvalue weighted by molar-refractivity contribution is 7.22. The lowest BCUT2D eigenvalue weighted by Crippen LogP contribution is -2.37. The van der Waals surface area contributed by atoms with E-state index < -0.39 is 5.97 Å². The van der Waals surface area contributed by atoms with Gasteiger partial charge in [0.2, 0.25) is 0 Å². The summed E-state index contributed by atoms with van der Waals surface area (Å²) in [6.07, 6.45) is 0. The van der Waals surface area contributed by atoms with Gasteiger partial charge in [0.15, 0.2) is 5.13 Å². The van der Waals surface area contributed by atoms with Gasteiger partial charge in [0.25, 0.3) is 5.91 Å². The van der Waals surface area contributed by atoms with Crippen molar-refractivity contribution in [3.05, 3.63) is 58.1 Å². The van der Waals surface area contributed by atoms with Crippen molar-refractivity contribution in [1.29, 1.82) is 0 Å². The number of anilines is 1. The largest absolute Gasteiger partial charge is 0.465 e. The molecule has 0 saturated heterocycles. The molecule has 1 amide bonds. The maximum Gasteiger partial charge on any atom is 0.338 e. The Kier molecular flexibility index (Phi) is 6.52. The van der Waals surface area contributed by atoms with E-state index in [0.717, 1.165) is 15.8 Å². The molecule has 6 nitrogen and oxygen atoms in total. The van der Waals surface area contributed by atoms with E-state index in [1.54, 1.807) is 29.2 Å². The van der Waals surface area contributed by atoms with Crippen molar-refractivity contribution in [2.24, 2.45) is 0 Å². The van der Waals surface area contributed by atoms with Crippen LogP contribution in [0.2, 0.25) is 5.02 Å². The number of carbonyl (C=O) groups excluding carboxylic acids is 2. The fraction of sp³-hybridized carbons (Fsp3) is 0.286. The van der Waals surface area contributed by atoms with Crippen LogP contribution < -0.4 is 4.90 Å². The lowest BCUT2D eigenvalue weighted by molar-refractivity contribution is 0.0597. The van der Waals surface area contributed by atoms with Crippen molar-refractivity contribution < 1.29 is 14.3 Å². The van der Waals surface area contributed by atoms with E-state index in [4.69, 9.17) is 21.3 Å². The van der Waals surface area contributed by atoms with Crippen LogP contribution in [0.15, 0.2) is 36.4 Å². The number of likely N-dealkylation sites (N-methyl/N-ethyl adjacent to an activating group) is 1. The van der Waals surface area contributed by atoms with Crippen molar-refractivity contribution in [3.63, 3.8) is 0 Å². The minimum absolute atomic E-state index is 0.232. The minimum Gasteiger partial charge on any atom is -0.465 e. The summed E-state index contributed by atoms with van der Waals surface area (Å²) in [5.74, 6) is -0.843. The predicted molar refractivity (Wildman–Crippen MR) is 117 cm³/mol. The number of amides is 1. The third-order valence-electron chi connectivity index (χ3n) is 4.55. The van der Waals surface area contributed by atoms with Crippen LogP contribution in [0.3, 0.4) is 0 Å². The van der Waals surface area contributed by atoms with Crippen molar-refractivity contribution in [2.45, 2.75) is 6.92 Å². The van der Waals surface area contributed by atoms with E-state index in [1.807, 2.05) is 38.1 Å². The molecular weight excluding hydrogens is 410 g/mol. The summed E-state index contributed by atoms with van der Waals surface area (Å²) in [5.41, 5.74) is 2.17. The van der Waals surface area contributed by atoms with Gasteiger partial charge in [-0.25, -0.2) is 9.78 Å². The highest BCUT2D eigenvalue weighted by Crippen LogP contribution is 2.34. The number of halogens is 1. The summed E-state index contributed by atoms with van der Waals surface area (Å²) < 4.78 is 5.79. The molecule has 0 aliphatic carbocycles. The normalized spacial score (nSPS) is 11.1. The number of esters is 1. The first-order valence-electron chi connectivity index (χ1n) is 9.03. The number of fused-ring (bicyclic) bond motifs is 1. The Morgan fingerprint density at radius 1 is 1.10 bits per heavy atom. The number of nitrogens with zero attached hydrogens (tertiary/aromatic N) is 3. The van der Waals surface area contributed by atoms with Gasteiger partial charge in [0.1, 0.15) is 0 Å². The van der Waals surface area contributed by atoms with E-state index in [0.29, 0.717) is 23.2 Å². The number of carbonyl (C=O) groups is 2. The Labute approximate surface area is 178 Å². The summed E-state index contributed by atoms with van der Waals surface area (Å²) in [6.45, 7) is 2.97. The fourth-order valence-corrected chi connectivity index (χ4v) is 4.09. The van der Waals surface area contributed by atoms with Crippen LogP contribution in [0.1, 0.15) is 26.3 Å². The van der Waals surface area contributed by atoms with Crippen molar-refractivity contribution >= 4 is 50.2 Å². The van der Waals surface area contributed by atoms with Gasteiger partial charge >= 0.3 is 5.97 Å². The molecule has 0 N–H and O–H groups in total. The van der Waals surface area contributed by atoms with Gasteiger partial charge in [0.05, 0.1) is 28.5 Å². The number of ether oxygens (including phenoxy) is 1. The Morgan fingerprint density at radius 2 is 1.79 bits per heavy atom. The van der Waals surface area contributed by atoms with Crippen molar-refractivity contribution in [2.75, 3.05) is 39.2 Å². The molecule has 0 bridgehead atoms. The number of hydrogen-bond acceptors (Lipinski definition) is 6. The Balaban J connectivity index is 2.08. The lowest BCUT2D eigenvalue weighted by Gasteiger charge is -2.22. The van der Waals surface area contributed by atoms with Crippen LogP contribution in [0, 0.1) is 6.92 Å². The van der Waals surface area contributed by atoms with Gasteiger partial charge in [-0.2, -0.15) is 0 Å². The fourth-order valence-electron chi connectivity index (χ4n) is 2.89. The maximum atomic E-state index is 13.5. The second kappa shape index (κ2) is 8.90. The van der Waals surface area contributed by atoms with Crippen LogP contribution in [0.25, 0.3) is 10.2 Å². The molecule has 0 radical (unpaired) electrons. The van der Waals surface area contributed by atoms with Crippen LogP contribution in [-0.4, -0.2) is 56.1 Å². The highest BCUT2D eigenvalue weighted by atomic mass is 35.5. The summed E-state index contributed by atoms with van der Waals surface area (Å²) in [5, 5.41) is 1.20. The van der Waals surface area contributed by atoms with E-state index in [-0.39, 0.29) is 17.0 Å². The SMILES string of the molecule is COC(=O)c1ccccc1C(=O)N(CCN(C)C)c1nc2c(C)c(Cl)ccc2s1. The van der Waals surface area contributed by atoms with E-state index in [2.05, 4.69) is 0 Å². The number of rotatable bonds is 6. The Bertz CT molecular complexity index is 1060. The third kappa shape index (κ3) is 4.42. The first kappa shape index (κ1) is 21.2. The molecule has 0 aliphatic heterocycles. The summed E-state index contributed by atoms with van der Waals surface area (Å²) in [6, 6.07) is 10.4. The molecule has 2 aromatic carbocycles. The molecule has 0 spiro atoms. The molecule has 3 aromatic rings. The zero-order chi connectivity index (χ0) is 21.1. The van der Waals surface area contributed by atoms with Gasteiger partial charge in [-0.3, -0.25) is 9.69 Å². The quantitative estimate of drug-likeness (QED) is 0.546. The minimum atomic E-state index is -0.548. The predicted octanol–water partition coefficient (Wildman–Crippen LogP) is 4.25. The summed E-state index contributed by atoms with van der Waals surface area (Å²) in [7, 11) is 5.17. The van der Waals surface area contributed by atoms with Crippen LogP contribution >= 0.6 is 22.9 Å². The molecule has 0 fully saturated rings. The van der Waals surface area contributed by atoms with Gasteiger partial charge in [-0.05, 0) is 50.8 Å². The van der Waals surface area contributed by atoms with Crippen molar-refractivity contribution in [1.82, 2.24) is 9.88 Å². The number of aryl methyl sites for hydroxylation is 1. The molecule has 0 aliphatic rings. The second-order valence-corrected chi connectivity index (χ2v) is 8.23. The Morgan fingerprint density at radius 3 is 2.45 bits per heavy atom. The smallest absolute Gasteiger partial charge is 0.338 e. The highest BCUT2D eigenvalue weighted by Gasteiger charge is 2.26. The summed E-state index contributed by atoms with van der Waals surface area (Å²) >= 11 is 7.66. The van der Waals surface area contributed by atoms with Crippen LogP contribution in [0.5, 0.6) is 0 Å². The molecule has 0 atom stereocenters. The number of benzene rings is 2. The topological polar surface area (TPSA) is 62.7 Å². The number of hydrogen-bond donors (Lipinski definition) is 0. The number of thiazole rings is 1. The lowest BCUT2D eigenvalue weighted by atomic mass is 10.1.